The van der Waals surface area contributed by atoms with E-state index >= 15 is 0 Å². The van der Waals surface area contributed by atoms with Crippen LogP contribution in [0.25, 0.3) is 0 Å². The van der Waals surface area contributed by atoms with E-state index in [-0.39, 0.29) is 38.6 Å². The molecule has 0 heterocycles. The zero-order valence-corrected chi connectivity index (χ0v) is 53.4. The Labute approximate surface area is 500 Å². The molecule has 2 unspecified atom stereocenters. The summed E-state index contributed by atoms with van der Waals surface area (Å²) in [6.45, 7) is 4.57. The SMILES string of the molecule is CC/C=C\C/C=C\C/C=C\C/C=C\C/C=C\C/C=C\CCC(=O)OC(COC(=O)CCCCCCCCCCCCCCCCCCCCCCCCCCC/C=C\CCCCCCCCCC)COC(OCC[N+](C)(C)C)C(=O)[O-]. The van der Waals surface area contributed by atoms with Gasteiger partial charge in [0.2, 0.25) is 0 Å². The highest BCUT2D eigenvalue weighted by Crippen LogP contribution is 2.18. The number of rotatable bonds is 62. The summed E-state index contributed by atoms with van der Waals surface area (Å²) in [5, 5.41) is 11.8. The average molecular weight is 1130 g/mol. The Morgan fingerprint density at radius 1 is 0.383 bits per heavy atom. The molecule has 0 saturated carbocycles. The van der Waals surface area contributed by atoms with Crippen LogP contribution in [0.1, 0.15) is 296 Å². The molecule has 9 nitrogen and oxygen atoms in total. The van der Waals surface area contributed by atoms with Crippen LogP contribution in [0.2, 0.25) is 0 Å². The number of carbonyl (C=O) groups is 3. The lowest BCUT2D eigenvalue weighted by Gasteiger charge is -2.26. The lowest BCUT2D eigenvalue weighted by Crippen LogP contribution is -2.44. The minimum atomic E-state index is -1.64. The molecule has 0 aliphatic rings. The maximum absolute atomic E-state index is 12.8. The van der Waals surface area contributed by atoms with Crippen molar-refractivity contribution in [1.29, 1.82) is 0 Å². The zero-order valence-electron chi connectivity index (χ0n) is 53.4. The number of hydrogen-bond donors (Lipinski definition) is 0. The highest BCUT2D eigenvalue weighted by atomic mass is 16.7. The molecule has 0 rings (SSSR count). The van der Waals surface area contributed by atoms with Crippen LogP contribution in [0.4, 0.5) is 0 Å². The molecule has 0 aromatic rings. The lowest BCUT2D eigenvalue weighted by molar-refractivity contribution is -0.870. The number of ether oxygens (including phenoxy) is 4. The van der Waals surface area contributed by atoms with Gasteiger partial charge < -0.3 is 33.3 Å². The Morgan fingerprint density at radius 2 is 0.728 bits per heavy atom. The first-order valence-corrected chi connectivity index (χ1v) is 33.7. The van der Waals surface area contributed by atoms with Crippen molar-refractivity contribution in [1.82, 2.24) is 0 Å². The summed E-state index contributed by atoms with van der Waals surface area (Å²) in [5.41, 5.74) is 0. The molecule has 0 N–H and O–H groups in total. The van der Waals surface area contributed by atoms with Gasteiger partial charge in [0, 0.05) is 12.8 Å². The number of esters is 2. The van der Waals surface area contributed by atoms with Crippen molar-refractivity contribution in [2.45, 2.75) is 309 Å². The van der Waals surface area contributed by atoms with E-state index in [1.165, 1.54) is 205 Å². The molecule has 468 valence electrons. The van der Waals surface area contributed by atoms with Crippen molar-refractivity contribution < 1.29 is 42.9 Å². The van der Waals surface area contributed by atoms with Crippen LogP contribution in [0.3, 0.4) is 0 Å². The highest BCUT2D eigenvalue weighted by molar-refractivity contribution is 5.70. The van der Waals surface area contributed by atoms with Gasteiger partial charge in [-0.1, -0.05) is 292 Å². The van der Waals surface area contributed by atoms with Crippen LogP contribution < -0.4 is 5.11 Å². The fourth-order valence-corrected chi connectivity index (χ4v) is 9.50. The fourth-order valence-electron chi connectivity index (χ4n) is 9.50. The molecule has 81 heavy (non-hydrogen) atoms. The Kier molecular flexibility index (Phi) is 59.8. The number of nitrogens with zero attached hydrogens (tertiary/aromatic N) is 1. The Balaban J connectivity index is 4.06. The van der Waals surface area contributed by atoms with E-state index in [4.69, 9.17) is 18.9 Å². The Bertz CT molecular complexity index is 1600. The van der Waals surface area contributed by atoms with Gasteiger partial charge in [-0.2, -0.15) is 0 Å². The van der Waals surface area contributed by atoms with Crippen LogP contribution in [-0.2, 0) is 33.3 Å². The maximum Gasteiger partial charge on any atom is 0.306 e. The van der Waals surface area contributed by atoms with Crippen LogP contribution in [0.5, 0.6) is 0 Å². The van der Waals surface area contributed by atoms with E-state index in [9.17, 15) is 19.5 Å². The number of quaternary nitrogens is 1. The fraction of sp³-hybridized carbons (Fsp3) is 0.764. The summed E-state index contributed by atoms with van der Waals surface area (Å²) >= 11 is 0. The van der Waals surface area contributed by atoms with Crippen molar-refractivity contribution in [3.63, 3.8) is 0 Å². The van der Waals surface area contributed by atoms with Gasteiger partial charge in [-0.05, 0) is 77.0 Å². The second-order valence-corrected chi connectivity index (χ2v) is 23.7. The molecule has 2 atom stereocenters. The molecule has 0 amide bonds. The number of carboxylic acids is 1. The van der Waals surface area contributed by atoms with Crippen molar-refractivity contribution >= 4 is 17.9 Å². The normalized spacial score (nSPS) is 13.2. The lowest BCUT2D eigenvalue weighted by atomic mass is 10.0. The monoisotopic (exact) mass is 1130 g/mol. The summed E-state index contributed by atoms with van der Waals surface area (Å²) in [6.07, 6.45) is 81.4. The first-order valence-electron chi connectivity index (χ1n) is 33.7. The Morgan fingerprint density at radius 3 is 1.10 bits per heavy atom. The molecular weight excluding hydrogens is 1010 g/mol. The number of carboxylic acid groups (broad SMARTS) is 1. The van der Waals surface area contributed by atoms with Gasteiger partial charge in [-0.3, -0.25) is 9.59 Å². The van der Waals surface area contributed by atoms with Gasteiger partial charge >= 0.3 is 11.9 Å². The van der Waals surface area contributed by atoms with E-state index in [0.29, 0.717) is 17.4 Å². The molecule has 0 aliphatic heterocycles. The number of aliphatic carboxylic acids is 1. The van der Waals surface area contributed by atoms with E-state index < -0.39 is 24.3 Å². The molecule has 0 aliphatic carbocycles. The van der Waals surface area contributed by atoms with Crippen molar-refractivity contribution in [3.8, 4) is 0 Å². The topological polar surface area (TPSA) is 111 Å². The third-order valence-corrected chi connectivity index (χ3v) is 14.6. The summed E-state index contributed by atoms with van der Waals surface area (Å²) in [5.74, 6) is -2.39. The molecule has 0 saturated heterocycles. The number of hydrogen-bond acceptors (Lipinski definition) is 8. The molecule has 0 bridgehead atoms. The van der Waals surface area contributed by atoms with Crippen molar-refractivity contribution in [3.05, 3.63) is 85.1 Å². The largest absolute Gasteiger partial charge is 0.545 e. The zero-order chi connectivity index (χ0) is 59.1. The predicted molar refractivity (Wildman–Crippen MR) is 343 cm³/mol. The first-order chi connectivity index (χ1) is 39.6. The molecule has 0 aromatic carbocycles. The predicted octanol–water partition coefficient (Wildman–Crippen LogP) is 19.4. The highest BCUT2D eigenvalue weighted by Gasteiger charge is 2.22. The summed E-state index contributed by atoms with van der Waals surface area (Å²) < 4.78 is 22.6. The van der Waals surface area contributed by atoms with Gasteiger partial charge in [0.15, 0.2) is 12.4 Å². The first kappa shape index (κ1) is 77.5. The second kappa shape index (κ2) is 62.5. The molecular formula is C72H127NO8. The second-order valence-electron chi connectivity index (χ2n) is 23.7. The number of carbonyl (C=O) groups excluding carboxylic acids is 3. The molecule has 0 spiro atoms. The quantitative estimate of drug-likeness (QED) is 0.0195. The molecule has 9 heteroatoms. The smallest absolute Gasteiger partial charge is 0.306 e. The van der Waals surface area contributed by atoms with Crippen LogP contribution >= 0.6 is 0 Å². The van der Waals surface area contributed by atoms with E-state index in [1.54, 1.807) is 0 Å². The number of likely N-dealkylation sites (N-methyl/N-ethyl adjacent to an activating group) is 1. The molecule has 0 fully saturated rings. The number of unbranched alkanes of at least 4 members (excludes halogenated alkanes) is 33. The number of allylic oxidation sites excluding steroid dienone is 14. The van der Waals surface area contributed by atoms with Gasteiger partial charge in [-0.25, -0.2) is 0 Å². The minimum absolute atomic E-state index is 0.121. The molecule has 0 radical (unpaired) electrons. The van der Waals surface area contributed by atoms with Crippen LogP contribution in [0, 0.1) is 0 Å². The summed E-state index contributed by atoms with van der Waals surface area (Å²) in [6, 6.07) is 0. The van der Waals surface area contributed by atoms with Crippen molar-refractivity contribution in [2.24, 2.45) is 0 Å². The van der Waals surface area contributed by atoms with E-state index in [0.717, 1.165) is 57.8 Å². The third kappa shape index (κ3) is 63.9. The summed E-state index contributed by atoms with van der Waals surface area (Å²) in [4.78, 5) is 37.3. The standard InChI is InChI=1S/C72H127NO8/c1-6-8-10-12-14-16-18-20-22-24-26-27-28-29-30-31-32-33-34-35-36-37-38-39-40-41-42-43-45-46-48-50-52-54-56-58-60-62-69(74)79-66-68(67-80-72(71(76)77)78-65-64-73(3,4)5)81-70(75)63-61-59-57-55-53-51-49-47-44-25-23-21-19-17-15-13-11-9-7-2/h9,11,15,17,21,23-24,26,44,47,51,53,57,59,68,72H,6-8,10,12-14,16,18-20,22,25,27-43,45-46,48-50,52,54-56,58,60-67H2,1-5H3/b11-9-,17-15-,23-21-,26-24-,47-44-,53-51-,59-57-. The third-order valence-electron chi connectivity index (χ3n) is 14.6. The Hall–Kier alpha value is -3.53. The molecule has 0 aromatic heterocycles. The summed E-state index contributed by atoms with van der Waals surface area (Å²) in [7, 11) is 5.90. The van der Waals surface area contributed by atoms with Crippen LogP contribution in [-0.4, -0.2) is 82.3 Å². The van der Waals surface area contributed by atoms with Gasteiger partial charge in [0.05, 0.1) is 40.3 Å². The van der Waals surface area contributed by atoms with Gasteiger partial charge in [0.1, 0.15) is 13.2 Å². The van der Waals surface area contributed by atoms with E-state index in [1.807, 2.05) is 33.3 Å². The minimum Gasteiger partial charge on any atom is -0.545 e. The van der Waals surface area contributed by atoms with Crippen LogP contribution in [0.15, 0.2) is 85.1 Å². The van der Waals surface area contributed by atoms with Gasteiger partial charge in [0.25, 0.3) is 0 Å². The van der Waals surface area contributed by atoms with Gasteiger partial charge in [-0.15, -0.1) is 0 Å². The van der Waals surface area contributed by atoms with E-state index in [2.05, 4.69) is 86.8 Å². The average Bonchev–Trinajstić information content (AvgIpc) is 3.44. The maximum atomic E-state index is 12.8. The van der Waals surface area contributed by atoms with Crippen molar-refractivity contribution in [2.75, 3.05) is 47.5 Å².